The van der Waals surface area contributed by atoms with E-state index in [0.29, 0.717) is 16.4 Å². The Labute approximate surface area is 118 Å². The maximum atomic E-state index is 12.7. The van der Waals surface area contributed by atoms with Crippen molar-refractivity contribution in [3.8, 4) is 0 Å². The Kier molecular flexibility index (Phi) is 2.38. The highest BCUT2D eigenvalue weighted by molar-refractivity contribution is 5.97. The molecule has 0 aliphatic rings. The van der Waals surface area contributed by atoms with Crippen LogP contribution in [0.5, 0.6) is 0 Å². The Balaban J connectivity index is 2.39. The van der Waals surface area contributed by atoms with Crippen LogP contribution in [0.4, 0.5) is 0 Å². The second kappa shape index (κ2) is 4.24. The first-order valence-corrected chi connectivity index (χ1v) is 6.58. The molecule has 2 heterocycles. The first-order valence-electron chi connectivity index (χ1n) is 6.58. The molecule has 0 spiro atoms. The highest BCUT2D eigenvalue weighted by Crippen LogP contribution is 2.18. The normalized spacial score (nSPS) is 11.2. The first kappa shape index (κ1) is 11.8. The SMILES string of the molecule is O=c1nc2ccccn2c(=O)c2cc3ccccc3cc12. The van der Waals surface area contributed by atoms with E-state index < -0.39 is 0 Å². The number of nitrogens with zero attached hydrogens (tertiary/aromatic N) is 2. The maximum Gasteiger partial charge on any atom is 0.279 e. The topological polar surface area (TPSA) is 51.4 Å². The quantitative estimate of drug-likeness (QED) is 0.494. The van der Waals surface area contributed by atoms with E-state index in [0.717, 1.165) is 10.8 Å². The summed E-state index contributed by atoms with van der Waals surface area (Å²) in [5, 5.41) is 2.58. The van der Waals surface area contributed by atoms with E-state index in [1.54, 1.807) is 36.5 Å². The summed E-state index contributed by atoms with van der Waals surface area (Å²) in [6, 6.07) is 16.3. The van der Waals surface area contributed by atoms with E-state index in [2.05, 4.69) is 4.98 Å². The van der Waals surface area contributed by atoms with Crippen LogP contribution < -0.4 is 11.1 Å². The maximum absolute atomic E-state index is 12.7. The molecule has 0 bridgehead atoms. The van der Waals surface area contributed by atoms with Crippen LogP contribution in [0.15, 0.2) is 70.4 Å². The largest absolute Gasteiger partial charge is 0.279 e. The van der Waals surface area contributed by atoms with Gasteiger partial charge < -0.3 is 0 Å². The molecule has 4 nitrogen and oxygen atoms in total. The fraction of sp³-hybridized carbons (Fsp3) is 0. The van der Waals surface area contributed by atoms with Crippen LogP contribution in [0.3, 0.4) is 0 Å². The van der Waals surface area contributed by atoms with Gasteiger partial charge in [0.05, 0.1) is 10.8 Å². The molecule has 0 atom stereocenters. The van der Waals surface area contributed by atoms with Gasteiger partial charge in [-0.2, -0.15) is 4.98 Å². The molecule has 0 saturated carbocycles. The van der Waals surface area contributed by atoms with Crippen molar-refractivity contribution in [3.05, 3.63) is 81.5 Å². The lowest BCUT2D eigenvalue weighted by Gasteiger charge is -1.98. The molecule has 100 valence electrons. The van der Waals surface area contributed by atoms with Crippen LogP contribution in [0.2, 0.25) is 0 Å². The molecule has 4 heteroatoms. The van der Waals surface area contributed by atoms with Crippen LogP contribution in [0.25, 0.3) is 27.2 Å². The van der Waals surface area contributed by atoms with Gasteiger partial charge in [-0.1, -0.05) is 30.3 Å². The zero-order chi connectivity index (χ0) is 14.4. The molecule has 0 saturated heterocycles. The van der Waals surface area contributed by atoms with Gasteiger partial charge in [0.25, 0.3) is 11.1 Å². The molecular formula is C17H10N2O2. The molecule has 2 aromatic carbocycles. The number of rotatable bonds is 0. The molecule has 21 heavy (non-hydrogen) atoms. The first-order chi connectivity index (χ1) is 10.2. The summed E-state index contributed by atoms with van der Waals surface area (Å²) >= 11 is 0. The van der Waals surface area contributed by atoms with E-state index in [4.69, 9.17) is 0 Å². The predicted molar refractivity (Wildman–Crippen MR) is 82.7 cm³/mol. The number of aromatic nitrogens is 2. The second-order valence-corrected chi connectivity index (χ2v) is 4.90. The molecule has 0 aliphatic carbocycles. The van der Waals surface area contributed by atoms with E-state index in [9.17, 15) is 9.59 Å². The summed E-state index contributed by atoms with van der Waals surface area (Å²) in [7, 11) is 0. The third-order valence-electron chi connectivity index (χ3n) is 3.62. The van der Waals surface area contributed by atoms with Gasteiger partial charge in [0, 0.05) is 6.20 Å². The number of fused-ring (bicyclic) bond motifs is 3. The van der Waals surface area contributed by atoms with Gasteiger partial charge in [-0.3, -0.25) is 14.0 Å². The van der Waals surface area contributed by atoms with E-state index >= 15 is 0 Å². The minimum atomic E-state index is -0.387. The third-order valence-corrected chi connectivity index (χ3v) is 3.62. The van der Waals surface area contributed by atoms with Gasteiger partial charge >= 0.3 is 0 Å². The molecule has 4 rings (SSSR count). The Hall–Kier alpha value is -3.01. The summed E-state index contributed by atoms with van der Waals surface area (Å²) in [6.07, 6.45) is 1.62. The highest BCUT2D eigenvalue weighted by Gasteiger charge is 2.07. The third kappa shape index (κ3) is 1.73. The predicted octanol–water partition coefficient (Wildman–Crippen LogP) is 2.36. The summed E-state index contributed by atoms with van der Waals surface area (Å²) in [5.74, 6) is 0. The lowest BCUT2D eigenvalue weighted by atomic mass is 10.1. The van der Waals surface area contributed by atoms with Crippen molar-refractivity contribution in [2.24, 2.45) is 0 Å². The lowest BCUT2D eigenvalue weighted by molar-refractivity contribution is 1.09. The van der Waals surface area contributed by atoms with Crippen molar-refractivity contribution in [1.82, 2.24) is 9.38 Å². The average molecular weight is 274 g/mol. The summed E-state index contributed by atoms with van der Waals surface area (Å²) < 4.78 is 1.40. The number of benzene rings is 2. The van der Waals surface area contributed by atoms with Crippen molar-refractivity contribution >= 4 is 27.2 Å². The summed E-state index contributed by atoms with van der Waals surface area (Å²) in [5.41, 5.74) is -0.268. The Morgan fingerprint density at radius 3 is 2.24 bits per heavy atom. The molecule has 0 amide bonds. The molecule has 0 unspecified atom stereocenters. The number of pyridine rings is 1. The van der Waals surface area contributed by atoms with Crippen molar-refractivity contribution in [2.45, 2.75) is 0 Å². The molecule has 0 aliphatic heterocycles. The van der Waals surface area contributed by atoms with Gasteiger partial charge in [0.2, 0.25) is 0 Å². The molecule has 2 aromatic heterocycles. The van der Waals surface area contributed by atoms with Crippen LogP contribution >= 0.6 is 0 Å². The van der Waals surface area contributed by atoms with Crippen LogP contribution in [0.1, 0.15) is 0 Å². The fourth-order valence-electron chi connectivity index (χ4n) is 2.59. The molecule has 0 fully saturated rings. The zero-order valence-electron chi connectivity index (χ0n) is 11.0. The van der Waals surface area contributed by atoms with Crippen LogP contribution in [0, 0.1) is 0 Å². The van der Waals surface area contributed by atoms with Crippen LogP contribution in [-0.4, -0.2) is 9.38 Å². The van der Waals surface area contributed by atoms with Crippen molar-refractivity contribution in [3.63, 3.8) is 0 Å². The number of hydrogen-bond donors (Lipinski definition) is 0. The zero-order valence-corrected chi connectivity index (χ0v) is 11.0. The molecule has 4 aromatic rings. The standard InChI is InChI=1S/C17H10N2O2/c20-16-13-9-11-5-1-2-6-12(11)10-14(13)17(21)19-8-4-3-7-15(19)18-16/h1-10H. The van der Waals surface area contributed by atoms with E-state index in [1.807, 2.05) is 24.3 Å². The Morgan fingerprint density at radius 1 is 0.810 bits per heavy atom. The van der Waals surface area contributed by atoms with E-state index in [-0.39, 0.29) is 11.1 Å². The van der Waals surface area contributed by atoms with E-state index in [1.165, 1.54) is 4.40 Å². The van der Waals surface area contributed by atoms with Crippen molar-refractivity contribution in [1.29, 1.82) is 0 Å². The Bertz CT molecular complexity index is 1130. The van der Waals surface area contributed by atoms with Gasteiger partial charge in [0.1, 0.15) is 5.65 Å². The monoisotopic (exact) mass is 274 g/mol. The summed E-state index contributed by atoms with van der Waals surface area (Å²) in [6.45, 7) is 0. The minimum absolute atomic E-state index is 0.235. The lowest BCUT2D eigenvalue weighted by Crippen LogP contribution is -2.10. The average Bonchev–Trinajstić information content (AvgIpc) is 2.62. The smallest absolute Gasteiger partial charge is 0.268 e. The van der Waals surface area contributed by atoms with Crippen LogP contribution in [-0.2, 0) is 0 Å². The number of hydrogen-bond acceptors (Lipinski definition) is 3. The minimum Gasteiger partial charge on any atom is -0.268 e. The van der Waals surface area contributed by atoms with Gasteiger partial charge in [0.15, 0.2) is 0 Å². The van der Waals surface area contributed by atoms with Crippen molar-refractivity contribution < 1.29 is 0 Å². The van der Waals surface area contributed by atoms with Gasteiger partial charge in [-0.15, -0.1) is 0 Å². The second-order valence-electron chi connectivity index (χ2n) is 4.90. The molecule has 0 N–H and O–H groups in total. The molecule has 0 radical (unpaired) electrons. The molecular weight excluding hydrogens is 264 g/mol. The highest BCUT2D eigenvalue weighted by atomic mass is 16.1. The fourth-order valence-corrected chi connectivity index (χ4v) is 2.59. The van der Waals surface area contributed by atoms with Crippen molar-refractivity contribution in [2.75, 3.05) is 0 Å². The Morgan fingerprint density at radius 2 is 1.48 bits per heavy atom. The summed E-state index contributed by atoms with van der Waals surface area (Å²) in [4.78, 5) is 29.0. The van der Waals surface area contributed by atoms with Gasteiger partial charge in [-0.05, 0) is 35.0 Å². The van der Waals surface area contributed by atoms with Gasteiger partial charge in [-0.25, -0.2) is 0 Å².